The van der Waals surface area contributed by atoms with Crippen molar-refractivity contribution in [3.05, 3.63) is 35.4 Å². The van der Waals surface area contributed by atoms with E-state index in [0.29, 0.717) is 6.04 Å². The molecule has 0 saturated carbocycles. The molecule has 0 bridgehead atoms. The van der Waals surface area contributed by atoms with E-state index >= 15 is 0 Å². The second kappa shape index (κ2) is 4.11. The van der Waals surface area contributed by atoms with Crippen LogP contribution >= 0.6 is 0 Å². The van der Waals surface area contributed by atoms with Crippen LogP contribution in [0.3, 0.4) is 0 Å². The Hall–Kier alpha value is -0.860. The molecule has 92 valence electrons. The molecule has 0 amide bonds. The second-order valence-corrected chi connectivity index (χ2v) is 5.65. The summed E-state index contributed by atoms with van der Waals surface area (Å²) in [6, 6.07) is 8.85. The van der Waals surface area contributed by atoms with E-state index in [1.807, 2.05) is 0 Å². The molecule has 0 radical (unpaired) electrons. The van der Waals surface area contributed by atoms with Gasteiger partial charge in [-0.3, -0.25) is 4.90 Å². The van der Waals surface area contributed by atoms with Crippen LogP contribution in [0.5, 0.6) is 0 Å². The minimum absolute atomic E-state index is 0.405. The zero-order chi connectivity index (χ0) is 11.9. The number of nitrogens with zero attached hydrogens (tertiary/aromatic N) is 1. The SMILES string of the molecule is Cc1ccccc1CC1(O)CCN2CCCC21. The standard InChI is InChI=1S/C15H21NO/c1-12-5-2-3-6-13(12)11-15(17)8-10-16-9-4-7-14(15)16/h2-3,5-6,14,17H,4,7-11H2,1H3. The summed E-state index contributed by atoms with van der Waals surface area (Å²) in [7, 11) is 0. The van der Waals surface area contributed by atoms with Crippen molar-refractivity contribution >= 4 is 0 Å². The fourth-order valence-electron chi connectivity index (χ4n) is 3.55. The summed E-state index contributed by atoms with van der Waals surface area (Å²) in [4.78, 5) is 2.47. The third-order valence-corrected chi connectivity index (χ3v) is 4.57. The van der Waals surface area contributed by atoms with Gasteiger partial charge in [-0.25, -0.2) is 0 Å². The summed E-state index contributed by atoms with van der Waals surface area (Å²) in [5, 5.41) is 10.9. The van der Waals surface area contributed by atoms with E-state index in [2.05, 4.69) is 36.1 Å². The van der Waals surface area contributed by atoms with Crippen molar-refractivity contribution in [2.75, 3.05) is 13.1 Å². The topological polar surface area (TPSA) is 23.5 Å². The number of rotatable bonds is 2. The molecule has 1 aromatic carbocycles. The van der Waals surface area contributed by atoms with Crippen LogP contribution < -0.4 is 0 Å². The zero-order valence-corrected chi connectivity index (χ0v) is 10.5. The molecule has 0 aromatic heterocycles. The van der Waals surface area contributed by atoms with Crippen LogP contribution in [0.25, 0.3) is 0 Å². The molecule has 0 spiro atoms. The predicted molar refractivity (Wildman–Crippen MR) is 69.0 cm³/mol. The molecule has 1 aromatic rings. The largest absolute Gasteiger partial charge is 0.388 e. The van der Waals surface area contributed by atoms with Gasteiger partial charge in [-0.2, -0.15) is 0 Å². The fourth-order valence-corrected chi connectivity index (χ4v) is 3.55. The summed E-state index contributed by atoms with van der Waals surface area (Å²) in [5.41, 5.74) is 2.13. The molecule has 2 heterocycles. The lowest BCUT2D eigenvalue weighted by molar-refractivity contribution is 0.0139. The van der Waals surface area contributed by atoms with E-state index < -0.39 is 5.60 Å². The number of fused-ring (bicyclic) bond motifs is 1. The van der Waals surface area contributed by atoms with Crippen molar-refractivity contribution in [3.63, 3.8) is 0 Å². The van der Waals surface area contributed by atoms with Crippen molar-refractivity contribution in [1.82, 2.24) is 4.90 Å². The Bertz CT molecular complexity index is 417. The van der Waals surface area contributed by atoms with Gasteiger partial charge < -0.3 is 5.11 Å². The Kier molecular flexibility index (Phi) is 2.72. The monoisotopic (exact) mass is 231 g/mol. The smallest absolute Gasteiger partial charge is 0.0854 e. The number of benzene rings is 1. The number of hydrogen-bond donors (Lipinski definition) is 1. The number of aliphatic hydroxyl groups is 1. The van der Waals surface area contributed by atoms with Gasteiger partial charge in [0, 0.05) is 19.0 Å². The molecule has 2 aliphatic rings. The fraction of sp³-hybridized carbons (Fsp3) is 0.600. The van der Waals surface area contributed by atoms with Gasteiger partial charge in [0.25, 0.3) is 0 Å². The van der Waals surface area contributed by atoms with E-state index in [1.165, 1.54) is 30.5 Å². The molecule has 2 nitrogen and oxygen atoms in total. The van der Waals surface area contributed by atoms with Crippen molar-refractivity contribution in [1.29, 1.82) is 0 Å². The summed E-state index contributed by atoms with van der Waals surface area (Å²) in [6.07, 6.45) is 4.18. The lowest BCUT2D eigenvalue weighted by atomic mass is 9.85. The molecule has 3 rings (SSSR count). The van der Waals surface area contributed by atoms with Gasteiger partial charge >= 0.3 is 0 Å². The van der Waals surface area contributed by atoms with Crippen LogP contribution in [0, 0.1) is 6.92 Å². The summed E-state index contributed by atoms with van der Waals surface area (Å²) < 4.78 is 0. The zero-order valence-electron chi connectivity index (χ0n) is 10.5. The molecule has 2 unspecified atom stereocenters. The van der Waals surface area contributed by atoms with Gasteiger partial charge in [-0.05, 0) is 43.9 Å². The van der Waals surface area contributed by atoms with Gasteiger partial charge in [-0.15, -0.1) is 0 Å². The van der Waals surface area contributed by atoms with Gasteiger partial charge in [0.05, 0.1) is 5.60 Å². The highest BCUT2D eigenvalue weighted by molar-refractivity contribution is 5.28. The normalized spacial score (nSPS) is 32.9. The van der Waals surface area contributed by atoms with Crippen molar-refractivity contribution in [3.8, 4) is 0 Å². The summed E-state index contributed by atoms with van der Waals surface area (Å²) in [6.45, 7) is 4.40. The molecule has 0 aliphatic carbocycles. The third kappa shape index (κ3) is 1.90. The van der Waals surface area contributed by atoms with Crippen LogP contribution in [0.15, 0.2) is 24.3 Å². The number of aryl methyl sites for hydroxylation is 1. The Morgan fingerprint density at radius 1 is 1.35 bits per heavy atom. The predicted octanol–water partition coefficient (Wildman–Crippen LogP) is 2.14. The van der Waals surface area contributed by atoms with Gasteiger partial charge in [0.2, 0.25) is 0 Å². The Labute approximate surface area is 103 Å². The second-order valence-electron chi connectivity index (χ2n) is 5.65. The Balaban J connectivity index is 1.83. The molecule has 17 heavy (non-hydrogen) atoms. The van der Waals surface area contributed by atoms with E-state index in [4.69, 9.17) is 0 Å². The van der Waals surface area contributed by atoms with Crippen molar-refractivity contribution < 1.29 is 5.11 Å². The molecule has 1 N–H and O–H groups in total. The molecular formula is C15H21NO. The van der Waals surface area contributed by atoms with E-state index in [9.17, 15) is 5.11 Å². The van der Waals surface area contributed by atoms with E-state index in [0.717, 1.165) is 19.4 Å². The molecule has 2 fully saturated rings. The molecule has 2 saturated heterocycles. The average Bonchev–Trinajstić information content (AvgIpc) is 2.88. The quantitative estimate of drug-likeness (QED) is 0.843. The first-order valence-corrected chi connectivity index (χ1v) is 6.70. The molecule has 2 aliphatic heterocycles. The van der Waals surface area contributed by atoms with E-state index in [1.54, 1.807) is 0 Å². The minimum atomic E-state index is -0.484. The van der Waals surface area contributed by atoms with Gasteiger partial charge in [0.1, 0.15) is 0 Å². The molecule has 2 heteroatoms. The van der Waals surface area contributed by atoms with Crippen molar-refractivity contribution in [2.45, 2.75) is 44.2 Å². The maximum atomic E-state index is 10.9. The third-order valence-electron chi connectivity index (χ3n) is 4.57. The summed E-state index contributed by atoms with van der Waals surface area (Å²) >= 11 is 0. The van der Waals surface area contributed by atoms with Gasteiger partial charge in [0.15, 0.2) is 0 Å². The first kappa shape index (κ1) is 11.2. The number of hydrogen-bond acceptors (Lipinski definition) is 2. The van der Waals surface area contributed by atoms with Crippen LogP contribution in [0.1, 0.15) is 30.4 Å². The van der Waals surface area contributed by atoms with Gasteiger partial charge in [-0.1, -0.05) is 24.3 Å². The molecular weight excluding hydrogens is 210 g/mol. The first-order chi connectivity index (χ1) is 8.19. The van der Waals surface area contributed by atoms with Crippen LogP contribution in [0.4, 0.5) is 0 Å². The Morgan fingerprint density at radius 3 is 3.00 bits per heavy atom. The lowest BCUT2D eigenvalue weighted by Crippen LogP contribution is -2.43. The lowest BCUT2D eigenvalue weighted by Gasteiger charge is -2.30. The Morgan fingerprint density at radius 2 is 2.18 bits per heavy atom. The first-order valence-electron chi connectivity index (χ1n) is 6.70. The van der Waals surface area contributed by atoms with Crippen LogP contribution in [-0.4, -0.2) is 34.7 Å². The van der Waals surface area contributed by atoms with Crippen LogP contribution in [-0.2, 0) is 6.42 Å². The van der Waals surface area contributed by atoms with Crippen molar-refractivity contribution in [2.24, 2.45) is 0 Å². The van der Waals surface area contributed by atoms with Crippen LogP contribution in [0.2, 0.25) is 0 Å². The summed E-state index contributed by atoms with van der Waals surface area (Å²) in [5.74, 6) is 0. The highest BCUT2D eigenvalue weighted by atomic mass is 16.3. The maximum Gasteiger partial charge on any atom is 0.0854 e. The van der Waals surface area contributed by atoms with E-state index in [-0.39, 0.29) is 0 Å². The highest BCUT2D eigenvalue weighted by Gasteiger charge is 2.47. The molecule has 2 atom stereocenters. The maximum absolute atomic E-state index is 10.9. The minimum Gasteiger partial charge on any atom is -0.388 e. The highest BCUT2D eigenvalue weighted by Crippen LogP contribution is 2.38. The average molecular weight is 231 g/mol.